The van der Waals surface area contributed by atoms with Gasteiger partial charge in [-0.15, -0.1) is 0 Å². The summed E-state index contributed by atoms with van der Waals surface area (Å²) in [6.07, 6.45) is 0. The van der Waals surface area contributed by atoms with E-state index in [4.69, 9.17) is 9.47 Å². The third kappa shape index (κ3) is 4.59. The van der Waals surface area contributed by atoms with Crippen molar-refractivity contribution in [1.82, 2.24) is 10.6 Å². The molecule has 0 saturated carbocycles. The lowest BCUT2D eigenvalue weighted by molar-refractivity contribution is -0.126. The summed E-state index contributed by atoms with van der Waals surface area (Å²) < 4.78 is 9.93. The van der Waals surface area contributed by atoms with Gasteiger partial charge in [-0.25, -0.2) is 0 Å². The summed E-state index contributed by atoms with van der Waals surface area (Å²) in [6.45, 7) is 5.04. The van der Waals surface area contributed by atoms with Crippen LogP contribution in [-0.4, -0.2) is 52.0 Å². The van der Waals surface area contributed by atoms with Gasteiger partial charge in [0.25, 0.3) is 0 Å². The number of carbonyl (C=O) groups excluding carboxylic acids is 1. The van der Waals surface area contributed by atoms with Crippen LogP contribution in [0.4, 0.5) is 0 Å². The van der Waals surface area contributed by atoms with E-state index < -0.39 is 0 Å². The molecule has 5 heteroatoms. The summed E-state index contributed by atoms with van der Waals surface area (Å²) >= 11 is 0. The second-order valence-corrected chi connectivity index (χ2v) is 3.85. The first-order chi connectivity index (χ1) is 7.24. The monoisotopic (exact) mass is 216 g/mol. The Morgan fingerprint density at radius 2 is 2.27 bits per heavy atom. The van der Waals surface area contributed by atoms with Crippen molar-refractivity contribution in [3.8, 4) is 0 Å². The van der Waals surface area contributed by atoms with Gasteiger partial charge in [-0.1, -0.05) is 6.92 Å². The molecule has 0 radical (unpaired) electrons. The Hall–Kier alpha value is -0.650. The lowest BCUT2D eigenvalue weighted by Crippen LogP contribution is -2.41. The number of hydrogen-bond acceptors (Lipinski definition) is 4. The standard InChI is InChI=1S/C10H20N2O3/c1-8-5-11-6-9(8)12-10(13)7-15-4-3-14-2/h8-9,11H,3-7H2,1-2H3,(H,12,13). The lowest BCUT2D eigenvalue weighted by atomic mass is 10.1. The average molecular weight is 216 g/mol. The predicted octanol–water partition coefficient (Wildman–Crippen LogP) is -0.626. The summed E-state index contributed by atoms with van der Waals surface area (Å²) in [7, 11) is 1.61. The summed E-state index contributed by atoms with van der Waals surface area (Å²) in [5.41, 5.74) is 0. The Labute approximate surface area is 90.5 Å². The van der Waals surface area contributed by atoms with Gasteiger partial charge in [-0.05, 0) is 12.5 Å². The molecule has 1 amide bonds. The average Bonchev–Trinajstić information content (AvgIpc) is 2.59. The van der Waals surface area contributed by atoms with E-state index in [1.54, 1.807) is 7.11 Å². The molecule has 1 fully saturated rings. The Morgan fingerprint density at radius 1 is 1.47 bits per heavy atom. The smallest absolute Gasteiger partial charge is 0.246 e. The first kappa shape index (κ1) is 12.4. The van der Waals surface area contributed by atoms with Crippen molar-refractivity contribution in [2.24, 2.45) is 5.92 Å². The molecule has 88 valence electrons. The van der Waals surface area contributed by atoms with E-state index in [2.05, 4.69) is 17.6 Å². The molecule has 0 aromatic heterocycles. The second kappa shape index (κ2) is 6.76. The minimum atomic E-state index is -0.0494. The molecule has 2 atom stereocenters. The molecule has 0 aromatic rings. The largest absolute Gasteiger partial charge is 0.382 e. The summed E-state index contributed by atoms with van der Waals surface area (Å²) in [5, 5.41) is 6.17. The molecule has 0 bridgehead atoms. The fraction of sp³-hybridized carbons (Fsp3) is 0.900. The van der Waals surface area contributed by atoms with Crippen molar-refractivity contribution in [2.45, 2.75) is 13.0 Å². The zero-order chi connectivity index (χ0) is 11.1. The minimum Gasteiger partial charge on any atom is -0.382 e. The van der Waals surface area contributed by atoms with Crippen molar-refractivity contribution in [3.05, 3.63) is 0 Å². The van der Waals surface area contributed by atoms with Crippen LogP contribution in [-0.2, 0) is 14.3 Å². The van der Waals surface area contributed by atoms with Gasteiger partial charge >= 0.3 is 0 Å². The summed E-state index contributed by atoms with van der Waals surface area (Å²) in [4.78, 5) is 11.4. The van der Waals surface area contributed by atoms with E-state index in [1.165, 1.54) is 0 Å². The van der Waals surface area contributed by atoms with Crippen molar-refractivity contribution >= 4 is 5.91 Å². The fourth-order valence-electron chi connectivity index (χ4n) is 1.56. The highest BCUT2D eigenvalue weighted by atomic mass is 16.5. The fourth-order valence-corrected chi connectivity index (χ4v) is 1.56. The van der Waals surface area contributed by atoms with Gasteiger partial charge in [-0.3, -0.25) is 4.79 Å². The minimum absolute atomic E-state index is 0.0494. The topological polar surface area (TPSA) is 59.6 Å². The van der Waals surface area contributed by atoms with Gasteiger partial charge in [0.15, 0.2) is 0 Å². The first-order valence-electron chi connectivity index (χ1n) is 5.30. The number of rotatable bonds is 6. The molecule has 1 aliphatic heterocycles. The summed E-state index contributed by atoms with van der Waals surface area (Å²) in [6, 6.07) is 0.239. The van der Waals surface area contributed by atoms with Crippen LogP contribution in [0.1, 0.15) is 6.92 Å². The van der Waals surface area contributed by atoms with Gasteiger partial charge in [0.2, 0.25) is 5.91 Å². The molecule has 1 saturated heterocycles. The van der Waals surface area contributed by atoms with Crippen LogP contribution in [0.25, 0.3) is 0 Å². The molecule has 2 N–H and O–H groups in total. The number of nitrogens with one attached hydrogen (secondary N) is 2. The van der Waals surface area contributed by atoms with Crippen LogP contribution in [0.5, 0.6) is 0 Å². The molecule has 0 spiro atoms. The van der Waals surface area contributed by atoms with Crippen LogP contribution in [0, 0.1) is 5.92 Å². The number of methoxy groups -OCH3 is 1. The molecule has 0 aliphatic carbocycles. The van der Waals surface area contributed by atoms with Crippen molar-refractivity contribution in [3.63, 3.8) is 0 Å². The molecule has 0 aromatic carbocycles. The van der Waals surface area contributed by atoms with Gasteiger partial charge in [-0.2, -0.15) is 0 Å². The predicted molar refractivity (Wildman–Crippen MR) is 56.7 cm³/mol. The highest BCUT2D eigenvalue weighted by molar-refractivity contribution is 5.77. The zero-order valence-electron chi connectivity index (χ0n) is 9.41. The molecule has 1 heterocycles. The molecule has 15 heavy (non-hydrogen) atoms. The highest BCUT2D eigenvalue weighted by Crippen LogP contribution is 2.06. The molecular formula is C10H20N2O3. The molecule has 1 aliphatic rings. The van der Waals surface area contributed by atoms with Crippen molar-refractivity contribution in [1.29, 1.82) is 0 Å². The Morgan fingerprint density at radius 3 is 2.87 bits per heavy atom. The van der Waals surface area contributed by atoms with Gasteiger partial charge < -0.3 is 20.1 Å². The van der Waals surface area contributed by atoms with E-state index in [9.17, 15) is 4.79 Å². The zero-order valence-corrected chi connectivity index (χ0v) is 9.41. The van der Waals surface area contributed by atoms with Gasteiger partial charge in [0, 0.05) is 19.7 Å². The van der Waals surface area contributed by atoms with E-state index in [-0.39, 0.29) is 18.6 Å². The van der Waals surface area contributed by atoms with Gasteiger partial charge in [0.05, 0.1) is 13.2 Å². The van der Waals surface area contributed by atoms with Crippen LogP contribution < -0.4 is 10.6 Å². The molecular weight excluding hydrogens is 196 g/mol. The highest BCUT2D eigenvalue weighted by Gasteiger charge is 2.24. The number of hydrogen-bond donors (Lipinski definition) is 2. The Kier molecular flexibility index (Phi) is 5.60. The second-order valence-electron chi connectivity index (χ2n) is 3.85. The van der Waals surface area contributed by atoms with Crippen molar-refractivity contribution in [2.75, 3.05) is 40.0 Å². The third-order valence-electron chi connectivity index (χ3n) is 2.53. The van der Waals surface area contributed by atoms with Crippen LogP contribution in [0.3, 0.4) is 0 Å². The Balaban J connectivity index is 2.07. The first-order valence-corrected chi connectivity index (χ1v) is 5.30. The number of amides is 1. The normalized spacial score (nSPS) is 25.5. The molecule has 2 unspecified atom stereocenters. The molecule has 1 rings (SSSR count). The van der Waals surface area contributed by atoms with E-state index in [0.717, 1.165) is 13.1 Å². The van der Waals surface area contributed by atoms with E-state index in [0.29, 0.717) is 19.1 Å². The maximum atomic E-state index is 11.4. The van der Waals surface area contributed by atoms with E-state index in [1.807, 2.05) is 0 Å². The van der Waals surface area contributed by atoms with Crippen molar-refractivity contribution < 1.29 is 14.3 Å². The summed E-state index contributed by atoms with van der Waals surface area (Å²) in [5.74, 6) is 0.444. The van der Waals surface area contributed by atoms with Crippen LogP contribution in [0.2, 0.25) is 0 Å². The SMILES string of the molecule is COCCOCC(=O)NC1CNCC1C. The number of ether oxygens (including phenoxy) is 2. The number of carbonyl (C=O) groups is 1. The van der Waals surface area contributed by atoms with Crippen LogP contribution in [0.15, 0.2) is 0 Å². The maximum absolute atomic E-state index is 11.4. The third-order valence-corrected chi connectivity index (χ3v) is 2.53. The lowest BCUT2D eigenvalue weighted by Gasteiger charge is -2.16. The molecule has 5 nitrogen and oxygen atoms in total. The maximum Gasteiger partial charge on any atom is 0.246 e. The van der Waals surface area contributed by atoms with Crippen LogP contribution >= 0.6 is 0 Å². The quantitative estimate of drug-likeness (QED) is 0.581. The van der Waals surface area contributed by atoms with E-state index >= 15 is 0 Å². The van der Waals surface area contributed by atoms with Gasteiger partial charge in [0.1, 0.15) is 6.61 Å². The Bertz CT molecular complexity index is 199.